The van der Waals surface area contributed by atoms with E-state index >= 15 is 0 Å². The lowest BCUT2D eigenvalue weighted by atomic mass is 10.1. The highest BCUT2D eigenvalue weighted by Gasteiger charge is 2.18. The van der Waals surface area contributed by atoms with E-state index in [1.165, 1.54) is 17.8 Å². The summed E-state index contributed by atoms with van der Waals surface area (Å²) in [4.78, 5) is 13.8. The molecule has 5 nitrogen and oxygen atoms in total. The number of fused-ring (bicyclic) bond motifs is 1. The fraction of sp³-hybridized carbons (Fsp3) is 0.160. The van der Waals surface area contributed by atoms with Gasteiger partial charge in [-0.05, 0) is 44.2 Å². The molecule has 0 unspecified atom stereocenters. The number of aryl methyl sites for hydroxylation is 2. The lowest BCUT2D eigenvalue weighted by Gasteiger charge is -2.09. The first-order chi connectivity index (χ1) is 16.0. The highest BCUT2D eigenvalue weighted by atomic mass is 35.5. The van der Waals surface area contributed by atoms with E-state index in [2.05, 4.69) is 4.98 Å². The fourth-order valence-electron chi connectivity index (χ4n) is 3.64. The van der Waals surface area contributed by atoms with Gasteiger partial charge in [-0.15, -0.1) is 0 Å². The van der Waals surface area contributed by atoms with Crippen LogP contribution in [0.25, 0.3) is 22.5 Å². The van der Waals surface area contributed by atoms with Crippen LogP contribution in [0.2, 0.25) is 5.02 Å². The molecule has 0 aliphatic carbocycles. The molecule has 0 fully saturated rings. The molecule has 2 aromatic carbocycles. The second-order valence-corrected chi connectivity index (χ2v) is 9.07. The Morgan fingerprint density at radius 1 is 1.09 bits per heavy atom. The first kappa shape index (κ1) is 21.7. The van der Waals surface area contributed by atoms with Crippen molar-refractivity contribution in [1.29, 1.82) is 0 Å². The second kappa shape index (κ2) is 9.00. The summed E-state index contributed by atoms with van der Waals surface area (Å²) in [5, 5.41) is 1.14. The largest absolute Gasteiger partial charge is 0.441 e. The highest BCUT2D eigenvalue weighted by Crippen LogP contribution is 2.31. The molecule has 0 amide bonds. The minimum atomic E-state index is -0.325. The molecule has 0 saturated carbocycles. The van der Waals surface area contributed by atoms with Gasteiger partial charge in [0.1, 0.15) is 17.3 Å². The molecular weight excluding hydrogens is 459 g/mol. The van der Waals surface area contributed by atoms with Crippen LogP contribution in [0.1, 0.15) is 22.6 Å². The molecule has 0 saturated heterocycles. The summed E-state index contributed by atoms with van der Waals surface area (Å²) >= 11 is 7.65. The molecule has 3 heterocycles. The second-order valence-electron chi connectivity index (χ2n) is 7.73. The minimum absolute atomic E-state index is 0.325. The molecule has 0 bridgehead atoms. The van der Waals surface area contributed by atoms with E-state index in [9.17, 15) is 4.39 Å². The number of oxazole rings is 1. The number of nitrogens with zero attached hydrogens (tertiary/aromatic N) is 4. The van der Waals surface area contributed by atoms with Gasteiger partial charge in [-0.3, -0.25) is 4.98 Å². The lowest BCUT2D eigenvalue weighted by molar-refractivity contribution is 0.537. The van der Waals surface area contributed by atoms with E-state index in [0.29, 0.717) is 28.8 Å². The maximum Gasteiger partial charge on any atom is 0.226 e. The third-order valence-corrected chi connectivity index (χ3v) is 6.75. The van der Waals surface area contributed by atoms with Crippen molar-refractivity contribution in [2.24, 2.45) is 0 Å². The van der Waals surface area contributed by atoms with Crippen molar-refractivity contribution < 1.29 is 8.81 Å². The Morgan fingerprint density at radius 2 is 1.94 bits per heavy atom. The van der Waals surface area contributed by atoms with E-state index in [1.807, 2.05) is 48.7 Å². The molecule has 0 spiro atoms. The number of halogens is 2. The minimum Gasteiger partial charge on any atom is -0.441 e. The van der Waals surface area contributed by atoms with Gasteiger partial charge >= 0.3 is 0 Å². The third-order valence-electron chi connectivity index (χ3n) is 5.39. The topological polar surface area (TPSA) is 56.7 Å². The van der Waals surface area contributed by atoms with E-state index in [4.69, 9.17) is 26.0 Å². The zero-order chi connectivity index (χ0) is 22.9. The van der Waals surface area contributed by atoms with Crippen molar-refractivity contribution in [3.05, 3.63) is 94.3 Å². The zero-order valence-corrected chi connectivity index (χ0v) is 19.6. The van der Waals surface area contributed by atoms with Crippen LogP contribution in [0.5, 0.6) is 0 Å². The van der Waals surface area contributed by atoms with Gasteiger partial charge in [0.15, 0.2) is 5.16 Å². The summed E-state index contributed by atoms with van der Waals surface area (Å²) in [6.45, 7) is 4.40. The van der Waals surface area contributed by atoms with Crippen molar-refractivity contribution in [2.45, 2.75) is 31.3 Å². The number of aromatic nitrogens is 4. The average molecular weight is 479 g/mol. The zero-order valence-electron chi connectivity index (χ0n) is 18.0. The summed E-state index contributed by atoms with van der Waals surface area (Å²) in [6.07, 6.45) is 3.48. The fourth-order valence-corrected chi connectivity index (χ4v) is 5.00. The molecule has 0 aliphatic rings. The van der Waals surface area contributed by atoms with Crippen LogP contribution in [-0.4, -0.2) is 19.5 Å². The van der Waals surface area contributed by atoms with Crippen LogP contribution in [0.3, 0.4) is 0 Å². The Hall–Kier alpha value is -3.16. The van der Waals surface area contributed by atoms with E-state index in [1.54, 1.807) is 24.5 Å². The van der Waals surface area contributed by atoms with Crippen LogP contribution in [0.15, 0.2) is 70.5 Å². The molecule has 166 valence electrons. The van der Waals surface area contributed by atoms with Crippen molar-refractivity contribution in [3.63, 3.8) is 0 Å². The molecule has 33 heavy (non-hydrogen) atoms. The Kier molecular flexibility index (Phi) is 5.91. The summed E-state index contributed by atoms with van der Waals surface area (Å²) in [6, 6.07) is 14.6. The maximum absolute atomic E-state index is 14.3. The van der Waals surface area contributed by atoms with Gasteiger partial charge in [0, 0.05) is 28.1 Å². The number of hydrogen-bond donors (Lipinski definition) is 0. The molecule has 5 rings (SSSR count). The van der Waals surface area contributed by atoms with Crippen LogP contribution in [-0.2, 0) is 12.3 Å². The maximum atomic E-state index is 14.3. The lowest BCUT2D eigenvalue weighted by Crippen LogP contribution is -2.04. The Morgan fingerprint density at radius 3 is 2.76 bits per heavy atom. The van der Waals surface area contributed by atoms with Crippen LogP contribution < -0.4 is 0 Å². The van der Waals surface area contributed by atoms with Gasteiger partial charge in [0.25, 0.3) is 0 Å². The molecular formula is C25H20ClFN4OS. The molecule has 5 aromatic rings. The third kappa shape index (κ3) is 4.38. The number of thioether (sulfide) groups is 1. The predicted molar refractivity (Wildman–Crippen MR) is 129 cm³/mol. The summed E-state index contributed by atoms with van der Waals surface area (Å²) < 4.78 is 22.3. The summed E-state index contributed by atoms with van der Waals surface area (Å²) in [5.74, 6) is 1.36. The van der Waals surface area contributed by atoms with Crippen LogP contribution >= 0.6 is 23.4 Å². The van der Waals surface area contributed by atoms with E-state index < -0.39 is 0 Å². The average Bonchev–Trinajstić information content (AvgIpc) is 3.34. The smallest absolute Gasteiger partial charge is 0.226 e. The van der Waals surface area contributed by atoms with Gasteiger partial charge in [-0.1, -0.05) is 47.1 Å². The van der Waals surface area contributed by atoms with Crippen molar-refractivity contribution in [2.75, 3.05) is 0 Å². The number of benzene rings is 2. The van der Waals surface area contributed by atoms with Crippen molar-refractivity contribution in [1.82, 2.24) is 19.5 Å². The monoisotopic (exact) mass is 478 g/mol. The van der Waals surface area contributed by atoms with Gasteiger partial charge in [0.05, 0.1) is 23.8 Å². The Bertz CT molecular complexity index is 1440. The number of imidazole rings is 1. The number of pyridine rings is 1. The standard InChI is InChI=1S/C25H20ClFN4OS/c1-15-5-3-6-17(11-15)24-29-22(16(2)32-24)13-31-23-12-28-10-9-21(23)30-25(31)33-14-18-19(26)7-4-8-20(18)27/h3-12H,13-14H2,1-2H3. The van der Waals surface area contributed by atoms with Gasteiger partial charge in [-0.25, -0.2) is 14.4 Å². The van der Waals surface area contributed by atoms with E-state index in [0.717, 1.165) is 38.8 Å². The molecule has 0 N–H and O–H groups in total. The molecule has 0 atom stereocenters. The van der Waals surface area contributed by atoms with Crippen LogP contribution in [0.4, 0.5) is 4.39 Å². The molecule has 0 radical (unpaired) electrons. The highest BCUT2D eigenvalue weighted by molar-refractivity contribution is 7.98. The van der Waals surface area contributed by atoms with Gasteiger partial charge in [0.2, 0.25) is 5.89 Å². The number of hydrogen-bond acceptors (Lipinski definition) is 5. The molecule has 0 aliphatic heterocycles. The normalized spacial score (nSPS) is 11.4. The SMILES string of the molecule is Cc1cccc(-c2nc(Cn3c(SCc4c(F)cccc4Cl)nc4ccncc43)c(C)o2)c1. The van der Waals surface area contributed by atoms with Crippen molar-refractivity contribution >= 4 is 34.4 Å². The van der Waals surface area contributed by atoms with E-state index in [-0.39, 0.29) is 5.82 Å². The van der Waals surface area contributed by atoms with Crippen molar-refractivity contribution in [3.8, 4) is 11.5 Å². The Labute approximate surface area is 199 Å². The number of rotatable bonds is 6. The first-order valence-electron chi connectivity index (χ1n) is 10.4. The first-order valence-corrected chi connectivity index (χ1v) is 11.8. The Balaban J connectivity index is 1.49. The quantitative estimate of drug-likeness (QED) is 0.250. The van der Waals surface area contributed by atoms with Gasteiger partial charge in [-0.2, -0.15) is 0 Å². The van der Waals surface area contributed by atoms with Crippen LogP contribution in [0, 0.1) is 19.7 Å². The van der Waals surface area contributed by atoms with Gasteiger partial charge < -0.3 is 8.98 Å². The summed E-state index contributed by atoms with van der Waals surface area (Å²) in [7, 11) is 0. The predicted octanol–water partition coefficient (Wildman–Crippen LogP) is 6.84. The summed E-state index contributed by atoms with van der Waals surface area (Å²) in [5.41, 5.74) is 5.03. The molecule has 8 heteroatoms. The molecule has 3 aromatic heterocycles.